The van der Waals surface area contributed by atoms with Crippen LogP contribution in [0.2, 0.25) is 0 Å². The zero-order valence-electron chi connectivity index (χ0n) is 12.2. The number of aromatic nitrogens is 2. The van der Waals surface area contributed by atoms with Gasteiger partial charge in [0.1, 0.15) is 5.82 Å². The van der Waals surface area contributed by atoms with E-state index in [4.69, 9.17) is 0 Å². The molecular weight excluding hydrogens is 248 g/mol. The van der Waals surface area contributed by atoms with E-state index < -0.39 is 0 Å². The Morgan fingerprint density at radius 1 is 1.10 bits per heavy atom. The minimum Gasteiger partial charge on any atom is -0.341 e. The lowest BCUT2D eigenvalue weighted by Crippen LogP contribution is -2.43. The van der Waals surface area contributed by atoms with Crippen LogP contribution in [0.25, 0.3) is 11.3 Å². The van der Waals surface area contributed by atoms with Gasteiger partial charge < -0.3 is 10.3 Å². The third-order valence-electron chi connectivity index (χ3n) is 3.74. The van der Waals surface area contributed by atoms with Gasteiger partial charge in [-0.25, -0.2) is 4.98 Å². The summed E-state index contributed by atoms with van der Waals surface area (Å²) < 4.78 is 0. The van der Waals surface area contributed by atoms with Crippen molar-refractivity contribution in [2.45, 2.75) is 20.4 Å². The van der Waals surface area contributed by atoms with Crippen molar-refractivity contribution in [3.63, 3.8) is 0 Å². The molecule has 1 saturated heterocycles. The normalized spacial score (nSPS) is 16.5. The molecule has 0 atom stereocenters. The molecule has 1 aliphatic rings. The summed E-state index contributed by atoms with van der Waals surface area (Å²) in [5.74, 6) is 1.06. The SMILES string of the molecule is Cc1cc(C)cc(-c2cnc(CN3CCNCC3)[nH]2)c1. The van der Waals surface area contributed by atoms with Crippen molar-refractivity contribution in [3.05, 3.63) is 41.3 Å². The van der Waals surface area contributed by atoms with Gasteiger partial charge in [0, 0.05) is 31.7 Å². The molecular formula is C16H22N4. The first-order chi connectivity index (χ1) is 9.70. The van der Waals surface area contributed by atoms with Crippen molar-refractivity contribution in [2.75, 3.05) is 26.2 Å². The van der Waals surface area contributed by atoms with E-state index in [9.17, 15) is 0 Å². The number of rotatable bonds is 3. The van der Waals surface area contributed by atoms with Crippen LogP contribution in [0.1, 0.15) is 17.0 Å². The number of piperazine rings is 1. The maximum absolute atomic E-state index is 4.53. The number of H-pyrrole nitrogens is 1. The first kappa shape index (κ1) is 13.3. The third-order valence-corrected chi connectivity index (χ3v) is 3.74. The molecule has 4 heteroatoms. The molecule has 1 aromatic carbocycles. The predicted molar refractivity (Wildman–Crippen MR) is 81.6 cm³/mol. The van der Waals surface area contributed by atoms with Crippen LogP contribution in [0, 0.1) is 13.8 Å². The molecule has 4 nitrogen and oxygen atoms in total. The van der Waals surface area contributed by atoms with Crippen molar-refractivity contribution >= 4 is 0 Å². The fourth-order valence-electron chi connectivity index (χ4n) is 2.80. The third kappa shape index (κ3) is 3.08. The van der Waals surface area contributed by atoms with Crippen LogP contribution in [-0.2, 0) is 6.54 Å². The lowest BCUT2D eigenvalue weighted by atomic mass is 10.1. The number of nitrogens with one attached hydrogen (secondary N) is 2. The number of hydrogen-bond acceptors (Lipinski definition) is 3. The van der Waals surface area contributed by atoms with E-state index in [0.717, 1.165) is 44.2 Å². The molecule has 20 heavy (non-hydrogen) atoms. The van der Waals surface area contributed by atoms with Crippen molar-refractivity contribution < 1.29 is 0 Å². The average molecular weight is 270 g/mol. The molecule has 0 bridgehead atoms. The van der Waals surface area contributed by atoms with Gasteiger partial charge in [0.05, 0.1) is 18.4 Å². The van der Waals surface area contributed by atoms with E-state index in [1.54, 1.807) is 0 Å². The van der Waals surface area contributed by atoms with Gasteiger partial charge in [-0.1, -0.05) is 17.2 Å². The highest BCUT2D eigenvalue weighted by atomic mass is 15.2. The lowest BCUT2D eigenvalue weighted by molar-refractivity contribution is 0.228. The Morgan fingerprint density at radius 3 is 2.50 bits per heavy atom. The van der Waals surface area contributed by atoms with Crippen LogP contribution in [0.5, 0.6) is 0 Å². The highest BCUT2D eigenvalue weighted by molar-refractivity contribution is 5.60. The van der Waals surface area contributed by atoms with Crippen LogP contribution in [0.15, 0.2) is 24.4 Å². The summed E-state index contributed by atoms with van der Waals surface area (Å²) in [6, 6.07) is 6.60. The molecule has 3 rings (SSSR count). The van der Waals surface area contributed by atoms with Crippen molar-refractivity contribution in [2.24, 2.45) is 0 Å². The Balaban J connectivity index is 1.75. The molecule has 1 fully saturated rings. The van der Waals surface area contributed by atoms with Gasteiger partial charge in [0.25, 0.3) is 0 Å². The summed E-state index contributed by atoms with van der Waals surface area (Å²) in [6.45, 7) is 9.52. The highest BCUT2D eigenvalue weighted by Gasteiger charge is 2.12. The topological polar surface area (TPSA) is 44.0 Å². The van der Waals surface area contributed by atoms with Gasteiger partial charge in [-0.3, -0.25) is 4.90 Å². The number of imidazole rings is 1. The van der Waals surface area contributed by atoms with Crippen LogP contribution in [-0.4, -0.2) is 41.0 Å². The summed E-state index contributed by atoms with van der Waals surface area (Å²) in [6.07, 6.45) is 1.95. The minimum absolute atomic E-state index is 0.909. The molecule has 2 aromatic rings. The number of hydrogen-bond donors (Lipinski definition) is 2. The quantitative estimate of drug-likeness (QED) is 0.897. The summed E-state index contributed by atoms with van der Waals surface area (Å²) in [5, 5.41) is 3.37. The maximum Gasteiger partial charge on any atom is 0.120 e. The van der Waals surface area contributed by atoms with Gasteiger partial charge in [-0.05, 0) is 26.0 Å². The second-order valence-electron chi connectivity index (χ2n) is 5.65. The van der Waals surface area contributed by atoms with Crippen LogP contribution in [0.4, 0.5) is 0 Å². The van der Waals surface area contributed by atoms with Crippen LogP contribution >= 0.6 is 0 Å². The van der Waals surface area contributed by atoms with E-state index in [0.29, 0.717) is 0 Å². The molecule has 0 spiro atoms. The van der Waals surface area contributed by atoms with Gasteiger partial charge in [-0.15, -0.1) is 0 Å². The highest BCUT2D eigenvalue weighted by Crippen LogP contribution is 2.20. The predicted octanol–water partition coefficient (Wildman–Crippen LogP) is 2.10. The maximum atomic E-state index is 4.53. The Kier molecular flexibility index (Phi) is 3.85. The second-order valence-corrected chi connectivity index (χ2v) is 5.65. The summed E-state index contributed by atoms with van der Waals surface area (Å²) in [4.78, 5) is 10.4. The Morgan fingerprint density at radius 2 is 1.80 bits per heavy atom. The molecule has 1 aromatic heterocycles. The summed E-state index contributed by atoms with van der Waals surface area (Å²) >= 11 is 0. The fraction of sp³-hybridized carbons (Fsp3) is 0.438. The fourth-order valence-corrected chi connectivity index (χ4v) is 2.80. The molecule has 0 radical (unpaired) electrons. The van der Waals surface area contributed by atoms with Gasteiger partial charge in [-0.2, -0.15) is 0 Å². The molecule has 0 unspecified atom stereocenters. The summed E-state index contributed by atoms with van der Waals surface area (Å²) in [7, 11) is 0. The molecule has 2 N–H and O–H groups in total. The lowest BCUT2D eigenvalue weighted by Gasteiger charge is -2.26. The largest absolute Gasteiger partial charge is 0.341 e. The van der Waals surface area contributed by atoms with Gasteiger partial charge in [0.2, 0.25) is 0 Å². The standard InChI is InChI=1S/C16H22N4/c1-12-7-13(2)9-14(8-12)15-10-18-16(19-15)11-20-5-3-17-4-6-20/h7-10,17H,3-6,11H2,1-2H3,(H,18,19). The van der Waals surface area contributed by atoms with E-state index in [2.05, 4.69) is 52.2 Å². The van der Waals surface area contributed by atoms with E-state index >= 15 is 0 Å². The molecule has 1 aliphatic heterocycles. The van der Waals surface area contributed by atoms with E-state index in [-0.39, 0.29) is 0 Å². The van der Waals surface area contributed by atoms with Crippen molar-refractivity contribution in [1.82, 2.24) is 20.2 Å². The number of aromatic amines is 1. The van der Waals surface area contributed by atoms with Crippen LogP contribution < -0.4 is 5.32 Å². The molecule has 0 aliphatic carbocycles. The zero-order chi connectivity index (χ0) is 13.9. The molecule has 0 amide bonds. The number of aryl methyl sites for hydroxylation is 2. The Labute approximate surface area is 120 Å². The molecule has 2 heterocycles. The first-order valence-corrected chi connectivity index (χ1v) is 7.26. The average Bonchev–Trinajstić information content (AvgIpc) is 2.87. The van der Waals surface area contributed by atoms with E-state index in [1.165, 1.54) is 16.7 Å². The Hall–Kier alpha value is -1.65. The van der Waals surface area contributed by atoms with Gasteiger partial charge >= 0.3 is 0 Å². The minimum atomic E-state index is 0.909. The number of benzene rings is 1. The number of nitrogens with zero attached hydrogens (tertiary/aromatic N) is 2. The van der Waals surface area contributed by atoms with Gasteiger partial charge in [0.15, 0.2) is 0 Å². The Bertz CT molecular complexity index is 562. The first-order valence-electron chi connectivity index (χ1n) is 7.26. The van der Waals surface area contributed by atoms with Crippen molar-refractivity contribution in [1.29, 1.82) is 0 Å². The summed E-state index contributed by atoms with van der Waals surface area (Å²) in [5.41, 5.74) is 4.92. The zero-order valence-corrected chi connectivity index (χ0v) is 12.2. The molecule has 0 saturated carbocycles. The molecule has 106 valence electrons. The smallest absolute Gasteiger partial charge is 0.120 e. The van der Waals surface area contributed by atoms with E-state index in [1.807, 2.05) is 6.20 Å². The van der Waals surface area contributed by atoms with Crippen molar-refractivity contribution in [3.8, 4) is 11.3 Å². The monoisotopic (exact) mass is 270 g/mol. The van der Waals surface area contributed by atoms with Crippen LogP contribution in [0.3, 0.4) is 0 Å². The second kappa shape index (κ2) is 5.77.